The third-order valence-electron chi connectivity index (χ3n) is 3.71. The fourth-order valence-electron chi connectivity index (χ4n) is 2.50. The average Bonchev–Trinajstić information content (AvgIpc) is 2.37. The molecule has 16 heavy (non-hydrogen) atoms. The van der Waals surface area contributed by atoms with Crippen LogP contribution in [-0.2, 0) is 0 Å². The van der Waals surface area contributed by atoms with Gasteiger partial charge in [-0.15, -0.1) is 0 Å². The van der Waals surface area contributed by atoms with Crippen molar-refractivity contribution in [3.8, 4) is 0 Å². The lowest BCUT2D eigenvalue weighted by Crippen LogP contribution is -2.40. The van der Waals surface area contributed by atoms with Crippen LogP contribution in [0, 0.1) is 5.41 Å². The van der Waals surface area contributed by atoms with Crippen LogP contribution in [0.1, 0.15) is 53.4 Å². The third-order valence-corrected chi connectivity index (χ3v) is 3.71. The molecule has 0 saturated carbocycles. The van der Waals surface area contributed by atoms with Gasteiger partial charge in [-0.1, -0.05) is 20.8 Å². The Morgan fingerprint density at radius 2 is 2.00 bits per heavy atom. The summed E-state index contributed by atoms with van der Waals surface area (Å²) in [6.07, 6.45) is 5.35. The summed E-state index contributed by atoms with van der Waals surface area (Å²) in [7, 11) is 0. The second kappa shape index (κ2) is 6.61. The van der Waals surface area contributed by atoms with Crippen LogP contribution in [0.15, 0.2) is 0 Å². The fraction of sp³-hybridized carbons (Fsp3) is 1.00. The van der Waals surface area contributed by atoms with Crippen molar-refractivity contribution >= 4 is 0 Å². The van der Waals surface area contributed by atoms with Gasteiger partial charge in [0.15, 0.2) is 0 Å². The lowest BCUT2D eigenvalue weighted by atomic mass is 9.85. The number of rotatable bonds is 5. The second-order valence-corrected chi connectivity index (χ2v) is 6.17. The Labute approximate surface area is 102 Å². The van der Waals surface area contributed by atoms with E-state index in [1.807, 2.05) is 0 Å². The van der Waals surface area contributed by atoms with Crippen LogP contribution < -0.4 is 5.32 Å². The van der Waals surface area contributed by atoms with Crippen molar-refractivity contribution in [1.82, 2.24) is 10.2 Å². The number of hydrogen-bond acceptors (Lipinski definition) is 2. The first kappa shape index (κ1) is 14.0. The molecule has 0 aliphatic carbocycles. The Hall–Kier alpha value is -0.0800. The fourth-order valence-corrected chi connectivity index (χ4v) is 2.50. The molecule has 1 unspecified atom stereocenters. The zero-order valence-corrected chi connectivity index (χ0v) is 11.7. The van der Waals surface area contributed by atoms with Gasteiger partial charge in [-0.2, -0.15) is 0 Å². The Bertz CT molecular complexity index is 189. The highest BCUT2D eigenvalue weighted by Gasteiger charge is 2.23. The van der Waals surface area contributed by atoms with Gasteiger partial charge in [-0.25, -0.2) is 0 Å². The van der Waals surface area contributed by atoms with Crippen LogP contribution >= 0.6 is 0 Å². The van der Waals surface area contributed by atoms with Crippen molar-refractivity contribution in [3.05, 3.63) is 0 Å². The van der Waals surface area contributed by atoms with Crippen LogP contribution in [0.4, 0.5) is 0 Å². The first-order chi connectivity index (χ1) is 7.53. The SMILES string of the molecule is CCCNC(C)CN1CCCC(C)(C)CC1. The van der Waals surface area contributed by atoms with Crippen molar-refractivity contribution in [2.45, 2.75) is 59.4 Å². The molecule has 0 spiro atoms. The van der Waals surface area contributed by atoms with Crippen LogP contribution in [0.25, 0.3) is 0 Å². The lowest BCUT2D eigenvalue weighted by Gasteiger charge is -2.26. The van der Waals surface area contributed by atoms with E-state index >= 15 is 0 Å². The van der Waals surface area contributed by atoms with Crippen LogP contribution in [0.2, 0.25) is 0 Å². The van der Waals surface area contributed by atoms with Gasteiger partial charge in [-0.3, -0.25) is 0 Å². The van der Waals surface area contributed by atoms with E-state index in [1.165, 1.54) is 45.3 Å². The number of nitrogens with one attached hydrogen (secondary N) is 1. The molecule has 0 bridgehead atoms. The molecule has 2 nitrogen and oxygen atoms in total. The van der Waals surface area contributed by atoms with E-state index in [9.17, 15) is 0 Å². The quantitative estimate of drug-likeness (QED) is 0.775. The molecule has 96 valence electrons. The summed E-state index contributed by atoms with van der Waals surface area (Å²) in [5, 5.41) is 3.58. The molecule has 1 atom stereocenters. The van der Waals surface area contributed by atoms with Crippen LogP contribution in [-0.4, -0.2) is 37.1 Å². The van der Waals surface area contributed by atoms with Gasteiger partial charge < -0.3 is 10.2 Å². The standard InChI is InChI=1S/C14H30N2/c1-5-9-15-13(2)12-16-10-6-7-14(3,4)8-11-16/h13,15H,5-12H2,1-4H3. The van der Waals surface area contributed by atoms with Gasteiger partial charge in [0.2, 0.25) is 0 Å². The Balaban J connectivity index is 2.26. The zero-order valence-electron chi connectivity index (χ0n) is 11.7. The second-order valence-electron chi connectivity index (χ2n) is 6.17. The van der Waals surface area contributed by atoms with E-state index in [-0.39, 0.29) is 0 Å². The molecular formula is C14H30N2. The van der Waals surface area contributed by atoms with Gasteiger partial charge in [0, 0.05) is 12.6 Å². The number of hydrogen-bond donors (Lipinski definition) is 1. The summed E-state index contributed by atoms with van der Waals surface area (Å²) in [6, 6.07) is 0.640. The highest BCUT2D eigenvalue weighted by Crippen LogP contribution is 2.29. The molecule has 1 heterocycles. The molecule has 0 aromatic heterocycles. The lowest BCUT2D eigenvalue weighted by molar-refractivity contribution is 0.241. The number of likely N-dealkylation sites (tertiary alicyclic amines) is 1. The summed E-state index contributed by atoms with van der Waals surface area (Å²) in [6.45, 7) is 14.3. The highest BCUT2D eigenvalue weighted by molar-refractivity contribution is 4.78. The van der Waals surface area contributed by atoms with E-state index in [0.717, 1.165) is 6.54 Å². The molecule has 1 saturated heterocycles. The van der Waals surface area contributed by atoms with E-state index in [1.54, 1.807) is 0 Å². The Morgan fingerprint density at radius 1 is 1.25 bits per heavy atom. The third kappa shape index (κ3) is 5.31. The molecule has 1 N–H and O–H groups in total. The summed E-state index contributed by atoms with van der Waals surface area (Å²) >= 11 is 0. The molecule has 1 fully saturated rings. The van der Waals surface area contributed by atoms with Gasteiger partial charge in [-0.05, 0) is 57.7 Å². The molecule has 0 aromatic carbocycles. The summed E-state index contributed by atoms with van der Waals surface area (Å²) in [4.78, 5) is 2.64. The first-order valence-electron chi connectivity index (χ1n) is 6.99. The molecule has 1 aliphatic heterocycles. The minimum Gasteiger partial charge on any atom is -0.313 e. The van der Waals surface area contributed by atoms with Crippen molar-refractivity contribution in [2.24, 2.45) is 5.41 Å². The van der Waals surface area contributed by atoms with E-state index < -0.39 is 0 Å². The van der Waals surface area contributed by atoms with Crippen molar-refractivity contribution < 1.29 is 0 Å². The molecule has 0 aromatic rings. The zero-order chi connectivity index (χ0) is 12.0. The highest BCUT2D eigenvalue weighted by atomic mass is 15.1. The maximum absolute atomic E-state index is 3.58. The molecule has 2 heteroatoms. The average molecular weight is 226 g/mol. The van der Waals surface area contributed by atoms with Crippen molar-refractivity contribution in [1.29, 1.82) is 0 Å². The van der Waals surface area contributed by atoms with Gasteiger partial charge in [0.05, 0.1) is 0 Å². The normalized spacial score (nSPS) is 24.0. The monoisotopic (exact) mass is 226 g/mol. The molecular weight excluding hydrogens is 196 g/mol. The number of nitrogens with zero attached hydrogens (tertiary/aromatic N) is 1. The van der Waals surface area contributed by atoms with Crippen LogP contribution in [0.3, 0.4) is 0 Å². The van der Waals surface area contributed by atoms with E-state index in [4.69, 9.17) is 0 Å². The van der Waals surface area contributed by atoms with E-state index in [2.05, 4.69) is 37.9 Å². The summed E-state index contributed by atoms with van der Waals surface area (Å²) < 4.78 is 0. The molecule has 1 aliphatic rings. The Kier molecular flexibility index (Phi) is 5.77. The smallest absolute Gasteiger partial charge is 0.0166 e. The van der Waals surface area contributed by atoms with Gasteiger partial charge >= 0.3 is 0 Å². The predicted octanol–water partition coefficient (Wildman–Crippen LogP) is 2.89. The first-order valence-corrected chi connectivity index (χ1v) is 6.99. The molecule has 0 radical (unpaired) electrons. The van der Waals surface area contributed by atoms with Crippen molar-refractivity contribution in [2.75, 3.05) is 26.2 Å². The minimum absolute atomic E-state index is 0.564. The Morgan fingerprint density at radius 3 is 2.69 bits per heavy atom. The topological polar surface area (TPSA) is 15.3 Å². The van der Waals surface area contributed by atoms with Crippen LogP contribution in [0.5, 0.6) is 0 Å². The van der Waals surface area contributed by atoms with Gasteiger partial charge in [0.1, 0.15) is 0 Å². The largest absolute Gasteiger partial charge is 0.313 e. The minimum atomic E-state index is 0.564. The summed E-state index contributed by atoms with van der Waals surface area (Å²) in [5.74, 6) is 0. The van der Waals surface area contributed by atoms with Gasteiger partial charge in [0.25, 0.3) is 0 Å². The maximum atomic E-state index is 3.58. The molecule has 1 rings (SSSR count). The summed E-state index contributed by atoms with van der Waals surface area (Å²) in [5.41, 5.74) is 0.564. The van der Waals surface area contributed by atoms with E-state index in [0.29, 0.717) is 11.5 Å². The molecule has 0 amide bonds. The maximum Gasteiger partial charge on any atom is 0.0166 e. The predicted molar refractivity (Wildman–Crippen MR) is 71.8 cm³/mol. The van der Waals surface area contributed by atoms with Crippen molar-refractivity contribution in [3.63, 3.8) is 0 Å².